The maximum atomic E-state index is 13.3. The Balaban J connectivity index is 1.34. The Labute approximate surface area is 229 Å². The molecule has 8 nitrogen and oxygen atoms in total. The van der Waals surface area contributed by atoms with Crippen LogP contribution in [-0.2, 0) is 23.9 Å². The zero-order chi connectivity index (χ0) is 27.2. The average molecular weight is 578 g/mol. The summed E-state index contributed by atoms with van der Waals surface area (Å²) >= 11 is 3.45. The highest BCUT2D eigenvalue weighted by molar-refractivity contribution is 9.10. The van der Waals surface area contributed by atoms with Gasteiger partial charge in [0.25, 0.3) is 11.8 Å². The third-order valence-corrected chi connectivity index (χ3v) is 7.21. The molecule has 0 radical (unpaired) electrons. The summed E-state index contributed by atoms with van der Waals surface area (Å²) in [6.07, 6.45) is -0.118. The van der Waals surface area contributed by atoms with Crippen LogP contribution in [0.2, 0.25) is 0 Å². The zero-order valence-corrected chi connectivity index (χ0v) is 22.7. The largest absolute Gasteiger partial charge is 0.455 e. The van der Waals surface area contributed by atoms with Crippen LogP contribution in [0.15, 0.2) is 77.3 Å². The normalized spacial score (nSPS) is 14.9. The number of amides is 3. The summed E-state index contributed by atoms with van der Waals surface area (Å²) in [7, 11) is 0. The van der Waals surface area contributed by atoms with Gasteiger partial charge in [0.1, 0.15) is 0 Å². The molecule has 1 fully saturated rings. The molecule has 1 atom stereocenters. The number of halogens is 1. The molecule has 3 amide bonds. The topological polar surface area (TPSA) is 105 Å². The van der Waals surface area contributed by atoms with Crippen molar-refractivity contribution in [1.29, 1.82) is 0 Å². The number of esters is 1. The van der Waals surface area contributed by atoms with E-state index in [1.165, 1.54) is 0 Å². The van der Waals surface area contributed by atoms with Crippen molar-refractivity contribution in [1.82, 2.24) is 10.4 Å². The van der Waals surface area contributed by atoms with E-state index in [1.54, 1.807) is 0 Å². The standard InChI is InChI=1S/C29H28BrN3O5/c1-18-14-24(19(2)13-23(18)30)31-25(34)17-38-29(37)22-15-26(35)33(16-22)32-28(36)27(20-9-5-3-6-10-20)21-11-7-4-8-12-21/h3-14,22,27H,15-17H2,1-2H3,(H,31,34)(H,32,36)/t22-/m1/s1. The molecular weight excluding hydrogens is 550 g/mol. The number of nitrogens with one attached hydrogen (secondary N) is 2. The molecule has 0 unspecified atom stereocenters. The summed E-state index contributed by atoms with van der Waals surface area (Å²) in [5, 5.41) is 3.89. The van der Waals surface area contributed by atoms with Gasteiger partial charge >= 0.3 is 5.97 Å². The van der Waals surface area contributed by atoms with Crippen molar-refractivity contribution in [2.24, 2.45) is 5.92 Å². The van der Waals surface area contributed by atoms with E-state index in [1.807, 2.05) is 86.6 Å². The first-order valence-electron chi connectivity index (χ1n) is 12.2. The second-order valence-electron chi connectivity index (χ2n) is 9.21. The molecule has 0 aromatic heterocycles. The third kappa shape index (κ3) is 6.47. The number of carbonyl (C=O) groups is 4. The van der Waals surface area contributed by atoms with Crippen LogP contribution in [0, 0.1) is 19.8 Å². The van der Waals surface area contributed by atoms with Crippen molar-refractivity contribution >= 4 is 45.3 Å². The van der Waals surface area contributed by atoms with Gasteiger partial charge in [-0.2, -0.15) is 0 Å². The van der Waals surface area contributed by atoms with Crippen LogP contribution < -0.4 is 10.7 Å². The Morgan fingerprint density at radius 3 is 2.18 bits per heavy atom. The summed E-state index contributed by atoms with van der Waals surface area (Å²) in [4.78, 5) is 50.9. The Kier molecular flexibility index (Phi) is 8.58. The predicted molar refractivity (Wildman–Crippen MR) is 146 cm³/mol. The van der Waals surface area contributed by atoms with Crippen molar-refractivity contribution in [3.63, 3.8) is 0 Å². The number of anilines is 1. The molecule has 0 spiro atoms. The Bertz CT molecular complexity index is 1310. The van der Waals surface area contributed by atoms with Crippen molar-refractivity contribution < 1.29 is 23.9 Å². The number of benzene rings is 3. The zero-order valence-electron chi connectivity index (χ0n) is 21.1. The van der Waals surface area contributed by atoms with Crippen LogP contribution >= 0.6 is 15.9 Å². The molecule has 1 aliphatic rings. The molecule has 3 aromatic carbocycles. The van der Waals surface area contributed by atoms with Crippen molar-refractivity contribution in [3.05, 3.63) is 99.5 Å². The van der Waals surface area contributed by atoms with Crippen LogP contribution in [0.4, 0.5) is 5.69 Å². The van der Waals surface area contributed by atoms with E-state index in [0.717, 1.165) is 31.7 Å². The first-order valence-corrected chi connectivity index (χ1v) is 13.0. The van der Waals surface area contributed by atoms with E-state index in [0.29, 0.717) is 5.69 Å². The van der Waals surface area contributed by atoms with Gasteiger partial charge in [-0.05, 0) is 48.2 Å². The molecule has 0 bridgehead atoms. The molecule has 3 aromatic rings. The molecule has 1 aliphatic heterocycles. The van der Waals surface area contributed by atoms with Gasteiger partial charge in [0.2, 0.25) is 5.91 Å². The van der Waals surface area contributed by atoms with E-state index in [2.05, 4.69) is 26.7 Å². The third-order valence-electron chi connectivity index (χ3n) is 6.36. The lowest BCUT2D eigenvalue weighted by atomic mass is 9.91. The highest BCUT2D eigenvalue weighted by Gasteiger charge is 2.37. The summed E-state index contributed by atoms with van der Waals surface area (Å²) in [5.74, 6) is -3.36. The molecule has 38 heavy (non-hydrogen) atoms. The molecule has 1 saturated heterocycles. The van der Waals surface area contributed by atoms with E-state index in [9.17, 15) is 19.2 Å². The fraction of sp³-hybridized carbons (Fsp3) is 0.241. The first-order chi connectivity index (χ1) is 18.2. The highest BCUT2D eigenvalue weighted by atomic mass is 79.9. The van der Waals surface area contributed by atoms with Crippen LogP contribution in [0.3, 0.4) is 0 Å². The molecule has 9 heteroatoms. The fourth-order valence-corrected chi connectivity index (χ4v) is 4.77. The lowest BCUT2D eigenvalue weighted by molar-refractivity contribution is -0.151. The van der Waals surface area contributed by atoms with Gasteiger partial charge in [0, 0.05) is 16.6 Å². The quantitative estimate of drug-likeness (QED) is 0.389. The minimum atomic E-state index is -0.792. The summed E-state index contributed by atoms with van der Waals surface area (Å²) in [6, 6.07) is 22.3. The van der Waals surface area contributed by atoms with Crippen molar-refractivity contribution in [2.45, 2.75) is 26.2 Å². The van der Waals surface area contributed by atoms with Gasteiger partial charge in [-0.1, -0.05) is 76.6 Å². The second kappa shape index (κ2) is 12.0. The van der Waals surface area contributed by atoms with E-state index >= 15 is 0 Å². The monoisotopic (exact) mass is 577 g/mol. The lowest BCUT2D eigenvalue weighted by Gasteiger charge is -2.23. The molecule has 196 valence electrons. The number of hydrazine groups is 1. The molecule has 0 aliphatic carbocycles. The molecule has 0 saturated carbocycles. The van der Waals surface area contributed by atoms with E-state index in [-0.39, 0.29) is 18.9 Å². The van der Waals surface area contributed by atoms with Crippen molar-refractivity contribution in [3.8, 4) is 0 Å². The van der Waals surface area contributed by atoms with Crippen LogP contribution in [0.5, 0.6) is 0 Å². The Morgan fingerprint density at radius 2 is 1.58 bits per heavy atom. The average Bonchev–Trinajstić information content (AvgIpc) is 3.27. The van der Waals surface area contributed by atoms with Gasteiger partial charge in [-0.15, -0.1) is 0 Å². The molecule has 1 heterocycles. The first kappa shape index (κ1) is 27.1. The lowest BCUT2D eigenvalue weighted by Crippen LogP contribution is -2.45. The second-order valence-corrected chi connectivity index (χ2v) is 10.1. The van der Waals surface area contributed by atoms with Crippen molar-refractivity contribution in [2.75, 3.05) is 18.5 Å². The summed E-state index contributed by atoms with van der Waals surface area (Å²) < 4.78 is 6.12. The summed E-state index contributed by atoms with van der Waals surface area (Å²) in [5.41, 5.74) is 6.68. The van der Waals surface area contributed by atoms with E-state index < -0.39 is 36.2 Å². The van der Waals surface area contributed by atoms with Crippen LogP contribution in [0.1, 0.15) is 34.6 Å². The SMILES string of the molecule is Cc1cc(NC(=O)COC(=O)[C@@H]2CC(=O)N(NC(=O)C(c3ccccc3)c3ccccc3)C2)c(C)cc1Br. The fourth-order valence-electron chi connectivity index (χ4n) is 4.31. The minimum Gasteiger partial charge on any atom is -0.455 e. The van der Waals surface area contributed by atoms with Crippen LogP contribution in [-0.4, -0.2) is 41.9 Å². The number of hydrogen-bond donors (Lipinski definition) is 2. The Morgan fingerprint density at radius 1 is 0.974 bits per heavy atom. The van der Waals surface area contributed by atoms with Gasteiger partial charge in [-0.25, -0.2) is 0 Å². The maximum absolute atomic E-state index is 13.3. The predicted octanol–water partition coefficient (Wildman–Crippen LogP) is 4.26. The van der Waals surface area contributed by atoms with E-state index in [4.69, 9.17) is 4.74 Å². The number of aryl methyl sites for hydroxylation is 2. The van der Waals surface area contributed by atoms with Gasteiger partial charge < -0.3 is 10.1 Å². The highest BCUT2D eigenvalue weighted by Crippen LogP contribution is 2.27. The molecule has 2 N–H and O–H groups in total. The summed E-state index contributed by atoms with van der Waals surface area (Å²) in [6.45, 7) is 3.25. The number of ether oxygens (including phenoxy) is 1. The minimum absolute atomic E-state index is 0.0354. The van der Waals surface area contributed by atoms with Gasteiger partial charge in [-0.3, -0.25) is 29.6 Å². The van der Waals surface area contributed by atoms with Gasteiger partial charge in [0.15, 0.2) is 6.61 Å². The maximum Gasteiger partial charge on any atom is 0.311 e. The number of carbonyl (C=O) groups excluding carboxylic acids is 4. The number of nitrogens with zero attached hydrogens (tertiary/aromatic N) is 1. The smallest absolute Gasteiger partial charge is 0.311 e. The number of rotatable bonds is 8. The number of hydrogen-bond acceptors (Lipinski definition) is 5. The van der Waals surface area contributed by atoms with Crippen LogP contribution in [0.25, 0.3) is 0 Å². The van der Waals surface area contributed by atoms with Gasteiger partial charge in [0.05, 0.1) is 18.4 Å². The molecule has 4 rings (SSSR count). The molecular formula is C29H28BrN3O5. The Hall–Kier alpha value is -3.98.